The fourth-order valence-corrected chi connectivity index (χ4v) is 3.63. The second-order valence-electron chi connectivity index (χ2n) is 7.07. The molecule has 4 amide bonds. The van der Waals surface area contributed by atoms with Gasteiger partial charge in [0.25, 0.3) is 0 Å². The number of quaternary nitrogens is 1. The molecule has 2 N–H and O–H groups in total. The number of methoxy groups -OCH3 is 1. The zero-order valence-electron chi connectivity index (χ0n) is 16.0. The van der Waals surface area contributed by atoms with E-state index < -0.39 is 0 Å². The number of piperazine rings is 1. The molecule has 0 atom stereocenters. The highest BCUT2D eigenvalue weighted by atomic mass is 19.1. The fraction of sp³-hybridized carbons (Fsp3) is 0.526. The molecule has 2 fully saturated rings. The van der Waals surface area contributed by atoms with Crippen LogP contribution in [-0.2, 0) is 16.1 Å². The molecule has 152 valence electrons. The molecular weight excluding hydrogens is 367 g/mol. The number of carbonyl (C=O) groups excluding carboxylic acids is 3. The average Bonchev–Trinajstić information content (AvgIpc) is 3.01. The molecule has 2 aliphatic rings. The number of urea groups is 1. The Bertz CT molecular complexity index is 733. The lowest BCUT2D eigenvalue weighted by Gasteiger charge is -2.32. The number of nitrogens with zero attached hydrogens (tertiary/aromatic N) is 2. The Hall–Kier alpha value is -2.68. The lowest BCUT2D eigenvalue weighted by molar-refractivity contribution is -0.917. The Balaban J connectivity index is 1.42. The maximum Gasteiger partial charge on any atom is 0.324 e. The minimum absolute atomic E-state index is 0.0353. The van der Waals surface area contributed by atoms with Crippen molar-refractivity contribution in [3.63, 3.8) is 0 Å². The third-order valence-electron chi connectivity index (χ3n) is 5.22. The Kier molecular flexibility index (Phi) is 6.45. The Morgan fingerprint density at radius 1 is 1.29 bits per heavy atom. The average molecular weight is 393 g/mol. The van der Waals surface area contributed by atoms with Crippen molar-refractivity contribution in [1.82, 2.24) is 15.1 Å². The van der Waals surface area contributed by atoms with Gasteiger partial charge in [-0.15, -0.1) is 0 Å². The largest absolute Gasteiger partial charge is 0.496 e. The van der Waals surface area contributed by atoms with E-state index in [2.05, 4.69) is 5.32 Å². The lowest BCUT2D eigenvalue weighted by Crippen LogP contribution is -3.13. The first kappa shape index (κ1) is 20.1. The molecule has 28 heavy (non-hydrogen) atoms. The molecule has 2 heterocycles. The lowest BCUT2D eigenvalue weighted by atomic mass is 10.1. The van der Waals surface area contributed by atoms with Crippen LogP contribution in [-0.4, -0.2) is 74.0 Å². The smallest absolute Gasteiger partial charge is 0.324 e. The van der Waals surface area contributed by atoms with Crippen molar-refractivity contribution in [2.24, 2.45) is 0 Å². The van der Waals surface area contributed by atoms with Crippen LogP contribution in [0.4, 0.5) is 9.18 Å². The molecule has 0 spiro atoms. The second-order valence-corrected chi connectivity index (χ2v) is 7.07. The van der Waals surface area contributed by atoms with Gasteiger partial charge in [-0.2, -0.15) is 0 Å². The first-order valence-corrected chi connectivity index (χ1v) is 9.50. The zero-order chi connectivity index (χ0) is 20.1. The van der Waals surface area contributed by atoms with Gasteiger partial charge in [0, 0.05) is 13.0 Å². The van der Waals surface area contributed by atoms with Crippen LogP contribution in [0.1, 0.15) is 18.4 Å². The fourth-order valence-electron chi connectivity index (χ4n) is 3.63. The summed E-state index contributed by atoms with van der Waals surface area (Å²) in [4.78, 5) is 39.6. The van der Waals surface area contributed by atoms with E-state index in [-0.39, 0.29) is 36.8 Å². The maximum absolute atomic E-state index is 13.5. The summed E-state index contributed by atoms with van der Waals surface area (Å²) in [6.07, 6.45) is 0.773. The molecular formula is C19H26FN4O4+. The predicted molar refractivity (Wildman–Crippen MR) is 98.3 cm³/mol. The quantitative estimate of drug-likeness (QED) is 0.606. The van der Waals surface area contributed by atoms with Crippen LogP contribution in [0.15, 0.2) is 18.2 Å². The molecule has 0 radical (unpaired) electrons. The number of rotatable bonds is 7. The van der Waals surface area contributed by atoms with Crippen molar-refractivity contribution in [3.05, 3.63) is 29.6 Å². The van der Waals surface area contributed by atoms with Gasteiger partial charge < -0.3 is 19.9 Å². The molecule has 2 saturated heterocycles. The van der Waals surface area contributed by atoms with E-state index in [1.165, 1.54) is 17.0 Å². The highest BCUT2D eigenvalue weighted by molar-refractivity contribution is 6.01. The van der Waals surface area contributed by atoms with Crippen LogP contribution in [0.3, 0.4) is 0 Å². The Morgan fingerprint density at radius 3 is 2.68 bits per heavy atom. The van der Waals surface area contributed by atoms with E-state index in [9.17, 15) is 18.8 Å². The first-order chi connectivity index (χ1) is 13.5. The van der Waals surface area contributed by atoms with Crippen LogP contribution < -0.4 is 15.0 Å². The molecule has 2 aliphatic heterocycles. The molecule has 3 rings (SSSR count). The van der Waals surface area contributed by atoms with E-state index in [1.54, 1.807) is 13.2 Å². The van der Waals surface area contributed by atoms with Gasteiger partial charge in [0.05, 0.1) is 45.4 Å². The van der Waals surface area contributed by atoms with Gasteiger partial charge in [-0.1, -0.05) is 0 Å². The van der Waals surface area contributed by atoms with E-state index in [4.69, 9.17) is 4.74 Å². The molecule has 8 nitrogen and oxygen atoms in total. The predicted octanol–water partition coefficient (Wildman–Crippen LogP) is -0.607. The molecule has 0 aromatic heterocycles. The van der Waals surface area contributed by atoms with Crippen molar-refractivity contribution in [2.75, 3.05) is 46.4 Å². The van der Waals surface area contributed by atoms with Crippen molar-refractivity contribution in [2.45, 2.75) is 19.4 Å². The topological polar surface area (TPSA) is 83.4 Å². The van der Waals surface area contributed by atoms with Gasteiger partial charge in [0.1, 0.15) is 18.1 Å². The molecule has 1 aromatic carbocycles. The minimum atomic E-state index is -0.387. The molecule has 0 bridgehead atoms. The Morgan fingerprint density at radius 2 is 2.04 bits per heavy atom. The third kappa shape index (κ3) is 4.78. The van der Waals surface area contributed by atoms with Crippen molar-refractivity contribution in [3.8, 4) is 5.75 Å². The Labute approximate surface area is 163 Å². The van der Waals surface area contributed by atoms with E-state index in [0.717, 1.165) is 23.6 Å². The van der Waals surface area contributed by atoms with Crippen LogP contribution in [0.2, 0.25) is 0 Å². The van der Waals surface area contributed by atoms with Crippen LogP contribution >= 0.6 is 0 Å². The number of hydrogen-bond acceptors (Lipinski definition) is 4. The summed E-state index contributed by atoms with van der Waals surface area (Å²) in [5, 5.41) is 2.46. The minimum Gasteiger partial charge on any atom is -0.496 e. The first-order valence-electron chi connectivity index (χ1n) is 9.50. The number of amides is 4. The summed E-state index contributed by atoms with van der Waals surface area (Å²) in [5.41, 5.74) is 0.825. The molecule has 0 unspecified atom stereocenters. The van der Waals surface area contributed by atoms with E-state index in [0.29, 0.717) is 38.2 Å². The van der Waals surface area contributed by atoms with Gasteiger partial charge in [-0.25, -0.2) is 9.18 Å². The SMILES string of the molecule is COc1ccc(F)cc1C[NH+]1CCN(C(=O)CCCN2C(=O)CNC2=O)CC1. The summed E-state index contributed by atoms with van der Waals surface area (Å²) < 4.78 is 18.8. The number of imide groups is 1. The standard InChI is InChI=1S/C19H25FN4O4/c1-28-16-5-4-15(20)11-14(16)13-22-7-9-23(10-8-22)17(25)3-2-6-24-18(26)12-21-19(24)27/h4-5,11H,2-3,6-10,12-13H2,1H3,(H,21,27)/p+1. The van der Waals surface area contributed by atoms with E-state index >= 15 is 0 Å². The van der Waals surface area contributed by atoms with Crippen molar-refractivity contribution < 1.29 is 28.4 Å². The van der Waals surface area contributed by atoms with Crippen LogP contribution in [0.25, 0.3) is 0 Å². The van der Waals surface area contributed by atoms with Gasteiger partial charge in [0.2, 0.25) is 11.8 Å². The summed E-state index contributed by atoms with van der Waals surface area (Å²) in [5.74, 6) is 0.180. The van der Waals surface area contributed by atoms with Gasteiger partial charge in [-0.3, -0.25) is 14.5 Å². The highest BCUT2D eigenvalue weighted by Gasteiger charge is 2.29. The van der Waals surface area contributed by atoms with Crippen molar-refractivity contribution in [1.29, 1.82) is 0 Å². The van der Waals surface area contributed by atoms with Crippen molar-refractivity contribution >= 4 is 17.8 Å². The second kappa shape index (κ2) is 9.01. The summed E-state index contributed by atoms with van der Waals surface area (Å²) >= 11 is 0. The summed E-state index contributed by atoms with van der Waals surface area (Å²) in [7, 11) is 1.57. The third-order valence-corrected chi connectivity index (χ3v) is 5.22. The van der Waals surface area contributed by atoms with Gasteiger partial charge in [-0.05, 0) is 24.6 Å². The number of benzene rings is 1. The van der Waals surface area contributed by atoms with Crippen LogP contribution in [0.5, 0.6) is 5.75 Å². The monoisotopic (exact) mass is 393 g/mol. The zero-order valence-corrected chi connectivity index (χ0v) is 16.0. The summed E-state index contributed by atoms with van der Waals surface area (Å²) in [6.45, 7) is 3.77. The number of nitrogens with one attached hydrogen (secondary N) is 2. The number of halogens is 1. The normalized spacial score (nSPS) is 17.8. The summed E-state index contributed by atoms with van der Waals surface area (Å²) in [6, 6.07) is 4.13. The molecule has 9 heteroatoms. The van der Waals surface area contributed by atoms with Crippen LogP contribution in [0, 0.1) is 5.82 Å². The number of hydrogen-bond donors (Lipinski definition) is 2. The highest BCUT2D eigenvalue weighted by Crippen LogP contribution is 2.18. The maximum atomic E-state index is 13.5. The number of ether oxygens (including phenoxy) is 1. The number of carbonyl (C=O) groups is 3. The molecule has 0 aliphatic carbocycles. The van der Waals surface area contributed by atoms with E-state index in [1.807, 2.05) is 4.90 Å². The van der Waals surface area contributed by atoms with Gasteiger partial charge in [0.15, 0.2) is 0 Å². The van der Waals surface area contributed by atoms with Gasteiger partial charge >= 0.3 is 6.03 Å². The molecule has 0 saturated carbocycles. The molecule has 1 aromatic rings.